The SMILES string of the molecule is Cl.[C-]#[N+]CC1(n2ccc(-c3nc(-c4cnn(C)c4)cc4nccn34)n2)CNC1. The molecule has 1 N–H and O–H groups in total. The molecule has 10 heteroatoms. The number of hydrogen-bond acceptors (Lipinski definition) is 5. The molecule has 5 heterocycles. The molecule has 0 amide bonds. The van der Waals surface area contributed by atoms with Gasteiger partial charge in [0.15, 0.2) is 11.4 Å². The minimum atomic E-state index is -0.269. The maximum atomic E-state index is 7.25. The van der Waals surface area contributed by atoms with Gasteiger partial charge in [0.05, 0.1) is 11.9 Å². The normalized spacial score (nSPS) is 15.0. The maximum Gasteiger partial charge on any atom is 0.242 e. The highest BCUT2D eigenvalue weighted by Gasteiger charge is 2.43. The molecule has 0 aliphatic carbocycles. The number of nitrogens with zero attached hydrogens (tertiary/aromatic N) is 8. The first-order chi connectivity index (χ1) is 13.2. The molecule has 0 spiro atoms. The second kappa shape index (κ2) is 6.74. The fraction of sp³-hybridized carbons (Fsp3) is 0.278. The topological polar surface area (TPSA) is 82.2 Å². The van der Waals surface area contributed by atoms with Crippen LogP contribution in [0, 0.1) is 6.57 Å². The van der Waals surface area contributed by atoms with Crippen molar-refractivity contribution in [3.63, 3.8) is 0 Å². The van der Waals surface area contributed by atoms with Crippen LogP contribution >= 0.6 is 12.4 Å². The van der Waals surface area contributed by atoms with E-state index < -0.39 is 0 Å². The Labute approximate surface area is 167 Å². The molecule has 4 aromatic rings. The van der Waals surface area contributed by atoms with E-state index in [1.54, 1.807) is 17.1 Å². The number of aryl methyl sites for hydroxylation is 1. The van der Waals surface area contributed by atoms with Crippen LogP contribution in [-0.4, -0.2) is 53.6 Å². The molecule has 0 aromatic carbocycles. The lowest BCUT2D eigenvalue weighted by atomic mass is 9.93. The van der Waals surface area contributed by atoms with Gasteiger partial charge in [-0.3, -0.25) is 13.8 Å². The summed E-state index contributed by atoms with van der Waals surface area (Å²) in [5.74, 6) is 0.716. The summed E-state index contributed by atoms with van der Waals surface area (Å²) in [6, 6.07) is 3.88. The van der Waals surface area contributed by atoms with Gasteiger partial charge in [-0.15, -0.1) is 12.4 Å². The second-order valence-electron chi connectivity index (χ2n) is 6.81. The maximum absolute atomic E-state index is 7.25. The highest BCUT2D eigenvalue weighted by Crippen LogP contribution is 2.27. The van der Waals surface area contributed by atoms with Crippen molar-refractivity contribution in [1.82, 2.24) is 39.2 Å². The number of rotatable bonds is 4. The third-order valence-corrected chi connectivity index (χ3v) is 4.98. The molecule has 1 fully saturated rings. The Balaban J connectivity index is 0.00000192. The molecule has 0 saturated carbocycles. The molecule has 142 valence electrons. The molecule has 0 radical (unpaired) electrons. The third-order valence-electron chi connectivity index (χ3n) is 4.98. The lowest BCUT2D eigenvalue weighted by molar-refractivity contribution is 0.176. The van der Waals surface area contributed by atoms with Gasteiger partial charge in [-0.2, -0.15) is 10.2 Å². The Morgan fingerprint density at radius 1 is 1.29 bits per heavy atom. The van der Waals surface area contributed by atoms with Crippen LogP contribution in [0.2, 0.25) is 0 Å². The van der Waals surface area contributed by atoms with Crippen LogP contribution in [0.1, 0.15) is 0 Å². The zero-order valence-electron chi connectivity index (χ0n) is 15.1. The molecule has 5 rings (SSSR count). The van der Waals surface area contributed by atoms with E-state index in [1.807, 2.05) is 46.9 Å². The molecule has 1 aliphatic rings. The minimum Gasteiger partial charge on any atom is -0.314 e. The highest BCUT2D eigenvalue weighted by molar-refractivity contribution is 5.85. The van der Waals surface area contributed by atoms with Crippen molar-refractivity contribution in [2.75, 3.05) is 19.6 Å². The number of halogens is 1. The zero-order valence-corrected chi connectivity index (χ0v) is 16.0. The third kappa shape index (κ3) is 2.74. The fourth-order valence-electron chi connectivity index (χ4n) is 3.42. The molecule has 0 bridgehead atoms. The lowest BCUT2D eigenvalue weighted by Gasteiger charge is -2.38. The summed E-state index contributed by atoms with van der Waals surface area (Å²) in [7, 11) is 1.88. The standard InChI is InChI=1S/C18H17N9.ClH/c1-19-10-18(11-20-12-18)27-5-3-14(24-27)17-23-15(13-8-22-25(2)9-13)7-16-21-4-6-26(16)17;/h3-9,20H,10-12H2,2H3;1H. The Morgan fingerprint density at radius 2 is 2.14 bits per heavy atom. The van der Waals surface area contributed by atoms with E-state index in [-0.39, 0.29) is 17.9 Å². The van der Waals surface area contributed by atoms with Crippen LogP contribution in [-0.2, 0) is 12.6 Å². The Kier molecular flexibility index (Phi) is 4.37. The summed E-state index contributed by atoms with van der Waals surface area (Å²) < 4.78 is 5.57. The lowest BCUT2D eigenvalue weighted by Crippen LogP contribution is -2.62. The van der Waals surface area contributed by atoms with Gasteiger partial charge >= 0.3 is 0 Å². The van der Waals surface area contributed by atoms with Gasteiger partial charge in [0.2, 0.25) is 6.54 Å². The van der Waals surface area contributed by atoms with Gasteiger partial charge in [0.25, 0.3) is 0 Å². The Bertz CT molecular complexity index is 1180. The molecule has 1 aliphatic heterocycles. The van der Waals surface area contributed by atoms with Gasteiger partial charge in [-0.05, 0) is 6.07 Å². The quantitative estimate of drug-likeness (QED) is 0.531. The van der Waals surface area contributed by atoms with Crippen molar-refractivity contribution >= 4 is 18.1 Å². The van der Waals surface area contributed by atoms with E-state index in [0.29, 0.717) is 12.4 Å². The summed E-state index contributed by atoms with van der Waals surface area (Å²) in [6.45, 7) is 9.16. The Hall–Kier alpha value is -3.22. The summed E-state index contributed by atoms with van der Waals surface area (Å²) in [5, 5.41) is 12.2. The van der Waals surface area contributed by atoms with E-state index >= 15 is 0 Å². The first-order valence-electron chi connectivity index (χ1n) is 8.62. The number of fused-ring (bicyclic) bond motifs is 1. The Morgan fingerprint density at radius 3 is 2.82 bits per heavy atom. The van der Waals surface area contributed by atoms with E-state index in [0.717, 1.165) is 35.7 Å². The first kappa shape index (κ1) is 18.2. The van der Waals surface area contributed by atoms with Crippen LogP contribution < -0.4 is 5.32 Å². The predicted octanol–water partition coefficient (Wildman–Crippen LogP) is 1.63. The average molecular weight is 396 g/mol. The van der Waals surface area contributed by atoms with Crippen molar-refractivity contribution in [3.05, 3.63) is 54.5 Å². The summed E-state index contributed by atoms with van der Waals surface area (Å²) >= 11 is 0. The number of aromatic nitrogens is 7. The van der Waals surface area contributed by atoms with Gasteiger partial charge < -0.3 is 10.2 Å². The van der Waals surface area contributed by atoms with Crippen LogP contribution in [0.5, 0.6) is 0 Å². The van der Waals surface area contributed by atoms with Crippen LogP contribution in [0.15, 0.2) is 43.1 Å². The highest BCUT2D eigenvalue weighted by atomic mass is 35.5. The zero-order chi connectivity index (χ0) is 18.4. The van der Waals surface area contributed by atoms with E-state index in [1.165, 1.54) is 0 Å². The van der Waals surface area contributed by atoms with Crippen molar-refractivity contribution in [1.29, 1.82) is 0 Å². The van der Waals surface area contributed by atoms with Crippen LogP contribution in [0.3, 0.4) is 0 Å². The molecule has 0 unspecified atom stereocenters. The molecule has 9 nitrogen and oxygen atoms in total. The van der Waals surface area contributed by atoms with Gasteiger partial charge in [-0.1, -0.05) is 0 Å². The van der Waals surface area contributed by atoms with Crippen molar-refractivity contribution < 1.29 is 0 Å². The van der Waals surface area contributed by atoms with Gasteiger partial charge in [-0.25, -0.2) is 16.5 Å². The molecule has 28 heavy (non-hydrogen) atoms. The molecular formula is C18H18ClN9. The van der Waals surface area contributed by atoms with E-state index in [9.17, 15) is 0 Å². The smallest absolute Gasteiger partial charge is 0.242 e. The van der Waals surface area contributed by atoms with Gasteiger partial charge in [0.1, 0.15) is 11.3 Å². The van der Waals surface area contributed by atoms with Crippen LogP contribution in [0.25, 0.3) is 33.3 Å². The molecular weight excluding hydrogens is 378 g/mol. The fourth-order valence-corrected chi connectivity index (χ4v) is 3.42. The number of hydrogen-bond donors (Lipinski definition) is 1. The molecule has 1 saturated heterocycles. The average Bonchev–Trinajstić information content (AvgIpc) is 3.37. The summed E-state index contributed by atoms with van der Waals surface area (Å²) in [5.41, 5.74) is 3.01. The van der Waals surface area contributed by atoms with Crippen LogP contribution in [0.4, 0.5) is 0 Å². The number of nitrogens with one attached hydrogen (secondary N) is 1. The first-order valence-corrected chi connectivity index (χ1v) is 8.62. The second-order valence-corrected chi connectivity index (χ2v) is 6.81. The number of imidazole rings is 1. The van der Waals surface area contributed by atoms with Crippen molar-refractivity contribution in [3.8, 4) is 22.8 Å². The van der Waals surface area contributed by atoms with E-state index in [4.69, 9.17) is 16.7 Å². The summed E-state index contributed by atoms with van der Waals surface area (Å²) in [4.78, 5) is 12.8. The monoisotopic (exact) mass is 395 g/mol. The molecule has 4 aromatic heterocycles. The predicted molar refractivity (Wildman–Crippen MR) is 106 cm³/mol. The minimum absolute atomic E-state index is 0. The molecule has 0 atom stereocenters. The van der Waals surface area contributed by atoms with Gasteiger partial charge in [0, 0.05) is 56.6 Å². The van der Waals surface area contributed by atoms with Crippen molar-refractivity contribution in [2.45, 2.75) is 5.54 Å². The van der Waals surface area contributed by atoms with Crippen molar-refractivity contribution in [2.24, 2.45) is 7.05 Å². The van der Waals surface area contributed by atoms with E-state index in [2.05, 4.69) is 20.2 Å². The largest absolute Gasteiger partial charge is 0.314 e. The summed E-state index contributed by atoms with van der Waals surface area (Å²) in [6.07, 6.45) is 9.27.